The van der Waals surface area contributed by atoms with Crippen molar-refractivity contribution in [3.8, 4) is 0 Å². The molecule has 0 aromatic heterocycles. The van der Waals surface area contributed by atoms with Gasteiger partial charge in [-0.15, -0.1) is 0 Å². The molecule has 0 aliphatic rings. The molecular weight excluding hydrogens is 126 g/mol. The van der Waals surface area contributed by atoms with E-state index >= 15 is 0 Å². The highest BCUT2D eigenvalue weighted by Gasteiger charge is 1.81. The number of nitrogens with one attached hydrogen (secondary N) is 1. The SMILES string of the molecule is C=C(/C=C\C(O)=C/C)NC. The van der Waals surface area contributed by atoms with Crippen LogP contribution >= 0.6 is 0 Å². The summed E-state index contributed by atoms with van der Waals surface area (Å²) in [5.41, 5.74) is 0.772. The molecule has 0 amide bonds. The Labute approximate surface area is 61.6 Å². The Bertz CT molecular complexity index is 168. The molecule has 0 aromatic rings. The van der Waals surface area contributed by atoms with Gasteiger partial charge in [-0.2, -0.15) is 0 Å². The van der Waals surface area contributed by atoms with Gasteiger partial charge in [-0.1, -0.05) is 6.58 Å². The summed E-state index contributed by atoms with van der Waals surface area (Å²) in [6, 6.07) is 0. The maximum absolute atomic E-state index is 8.91. The zero-order chi connectivity index (χ0) is 7.98. The molecule has 0 radical (unpaired) electrons. The lowest BCUT2D eigenvalue weighted by molar-refractivity contribution is 0.431. The summed E-state index contributed by atoms with van der Waals surface area (Å²) in [6.45, 7) is 5.41. The van der Waals surface area contributed by atoms with Crippen LogP contribution < -0.4 is 5.32 Å². The molecule has 2 heteroatoms. The first-order valence-electron chi connectivity index (χ1n) is 3.10. The minimum atomic E-state index is 0.247. The highest BCUT2D eigenvalue weighted by Crippen LogP contribution is 1.92. The Morgan fingerprint density at radius 2 is 2.10 bits per heavy atom. The van der Waals surface area contributed by atoms with E-state index in [2.05, 4.69) is 11.9 Å². The van der Waals surface area contributed by atoms with Gasteiger partial charge in [0.05, 0.1) is 0 Å². The van der Waals surface area contributed by atoms with Gasteiger partial charge >= 0.3 is 0 Å². The molecule has 0 aromatic carbocycles. The van der Waals surface area contributed by atoms with Crippen LogP contribution in [0.5, 0.6) is 0 Å². The van der Waals surface area contributed by atoms with E-state index in [9.17, 15) is 0 Å². The molecule has 0 saturated heterocycles. The molecule has 0 fully saturated rings. The van der Waals surface area contributed by atoms with Crippen LogP contribution in [0, 0.1) is 0 Å². The lowest BCUT2D eigenvalue weighted by Gasteiger charge is -1.94. The summed E-state index contributed by atoms with van der Waals surface area (Å²) in [6.07, 6.45) is 4.90. The fraction of sp³-hybridized carbons (Fsp3) is 0.250. The Morgan fingerprint density at radius 3 is 2.50 bits per heavy atom. The standard InChI is InChI=1S/C8H13NO/c1-4-8(10)6-5-7(2)9-3/h4-6,9-10H,2H2,1,3H3/b6-5-,8-4+. The third-order valence-electron chi connectivity index (χ3n) is 1.07. The molecule has 0 bridgehead atoms. The number of rotatable bonds is 3. The van der Waals surface area contributed by atoms with E-state index in [4.69, 9.17) is 5.11 Å². The zero-order valence-corrected chi connectivity index (χ0v) is 6.39. The van der Waals surface area contributed by atoms with E-state index in [1.807, 2.05) is 0 Å². The molecule has 0 atom stereocenters. The maximum Gasteiger partial charge on any atom is 0.111 e. The Balaban J connectivity index is 3.88. The van der Waals surface area contributed by atoms with Crippen molar-refractivity contribution in [1.29, 1.82) is 0 Å². The summed E-state index contributed by atoms with van der Waals surface area (Å²) < 4.78 is 0. The summed E-state index contributed by atoms with van der Waals surface area (Å²) >= 11 is 0. The fourth-order valence-electron chi connectivity index (χ4n) is 0.366. The van der Waals surface area contributed by atoms with E-state index in [1.165, 1.54) is 0 Å². The first kappa shape index (κ1) is 8.82. The number of aliphatic hydroxyl groups excluding tert-OH is 1. The van der Waals surface area contributed by atoms with Gasteiger partial charge in [0, 0.05) is 12.7 Å². The molecule has 0 heterocycles. The monoisotopic (exact) mass is 139 g/mol. The summed E-state index contributed by atoms with van der Waals surface area (Å²) in [4.78, 5) is 0. The third-order valence-corrected chi connectivity index (χ3v) is 1.07. The lowest BCUT2D eigenvalue weighted by atomic mass is 10.3. The van der Waals surface area contributed by atoms with Crippen molar-refractivity contribution in [2.24, 2.45) is 0 Å². The summed E-state index contributed by atoms with van der Waals surface area (Å²) in [5, 5.41) is 11.7. The first-order chi connectivity index (χ1) is 4.70. The van der Waals surface area contributed by atoms with Gasteiger partial charge in [-0.25, -0.2) is 0 Å². The van der Waals surface area contributed by atoms with E-state index in [1.54, 1.807) is 32.2 Å². The van der Waals surface area contributed by atoms with Gasteiger partial charge in [0.25, 0.3) is 0 Å². The third kappa shape index (κ3) is 3.78. The molecule has 0 saturated carbocycles. The van der Waals surface area contributed by atoms with Crippen molar-refractivity contribution in [2.45, 2.75) is 6.92 Å². The molecule has 0 rings (SSSR count). The van der Waals surface area contributed by atoms with Crippen LogP contribution in [0.2, 0.25) is 0 Å². The average Bonchev–Trinajstić information content (AvgIpc) is 1.99. The van der Waals surface area contributed by atoms with Gasteiger partial charge in [0.15, 0.2) is 0 Å². The van der Waals surface area contributed by atoms with Crippen molar-refractivity contribution in [3.05, 3.63) is 36.3 Å². The zero-order valence-electron chi connectivity index (χ0n) is 6.39. The Hall–Kier alpha value is -1.18. The van der Waals surface area contributed by atoms with Crippen LogP contribution in [0.1, 0.15) is 6.92 Å². The highest BCUT2D eigenvalue weighted by molar-refractivity contribution is 5.20. The normalized spacial score (nSPS) is 12.0. The van der Waals surface area contributed by atoms with Crippen LogP contribution in [0.15, 0.2) is 36.3 Å². The smallest absolute Gasteiger partial charge is 0.111 e. The first-order valence-corrected chi connectivity index (χ1v) is 3.10. The molecule has 2 nitrogen and oxygen atoms in total. The quantitative estimate of drug-likeness (QED) is 0.461. The second kappa shape index (κ2) is 4.68. The van der Waals surface area contributed by atoms with Gasteiger partial charge in [-0.05, 0) is 25.2 Å². The minimum absolute atomic E-state index is 0.247. The van der Waals surface area contributed by atoms with Gasteiger partial charge in [0.2, 0.25) is 0 Å². The fourth-order valence-corrected chi connectivity index (χ4v) is 0.366. The molecule has 10 heavy (non-hydrogen) atoms. The lowest BCUT2D eigenvalue weighted by Crippen LogP contribution is -2.00. The number of aliphatic hydroxyl groups is 1. The van der Waals surface area contributed by atoms with Crippen molar-refractivity contribution in [3.63, 3.8) is 0 Å². The Morgan fingerprint density at radius 1 is 1.50 bits per heavy atom. The van der Waals surface area contributed by atoms with E-state index in [0.717, 1.165) is 5.70 Å². The minimum Gasteiger partial charge on any atom is -0.508 e. The van der Waals surface area contributed by atoms with E-state index in [0.29, 0.717) is 0 Å². The average molecular weight is 139 g/mol. The van der Waals surface area contributed by atoms with E-state index < -0.39 is 0 Å². The molecule has 0 aliphatic carbocycles. The van der Waals surface area contributed by atoms with Crippen LogP contribution in [0.4, 0.5) is 0 Å². The molecule has 0 unspecified atom stereocenters. The second-order valence-corrected chi connectivity index (χ2v) is 1.82. The number of hydrogen-bond acceptors (Lipinski definition) is 2. The van der Waals surface area contributed by atoms with E-state index in [-0.39, 0.29) is 5.76 Å². The molecule has 2 N–H and O–H groups in total. The number of hydrogen-bond donors (Lipinski definition) is 2. The summed E-state index contributed by atoms with van der Waals surface area (Å²) in [5.74, 6) is 0.247. The van der Waals surface area contributed by atoms with Gasteiger partial charge in [0.1, 0.15) is 5.76 Å². The molecule has 56 valence electrons. The number of allylic oxidation sites excluding steroid dienone is 3. The van der Waals surface area contributed by atoms with Gasteiger partial charge in [-0.3, -0.25) is 0 Å². The molecular formula is C8H13NO. The highest BCUT2D eigenvalue weighted by atomic mass is 16.3. The van der Waals surface area contributed by atoms with Crippen molar-refractivity contribution < 1.29 is 5.11 Å². The summed E-state index contributed by atoms with van der Waals surface area (Å²) in [7, 11) is 1.78. The molecule has 0 aliphatic heterocycles. The topological polar surface area (TPSA) is 32.3 Å². The van der Waals surface area contributed by atoms with Crippen molar-refractivity contribution in [1.82, 2.24) is 5.32 Å². The van der Waals surface area contributed by atoms with Crippen molar-refractivity contribution >= 4 is 0 Å². The predicted molar refractivity (Wildman–Crippen MR) is 43.7 cm³/mol. The largest absolute Gasteiger partial charge is 0.508 e. The van der Waals surface area contributed by atoms with Gasteiger partial charge < -0.3 is 10.4 Å². The van der Waals surface area contributed by atoms with Crippen LogP contribution in [-0.2, 0) is 0 Å². The second-order valence-electron chi connectivity index (χ2n) is 1.82. The molecule has 0 spiro atoms. The van der Waals surface area contributed by atoms with Crippen LogP contribution in [0.3, 0.4) is 0 Å². The van der Waals surface area contributed by atoms with Crippen LogP contribution in [-0.4, -0.2) is 12.2 Å². The van der Waals surface area contributed by atoms with Crippen molar-refractivity contribution in [2.75, 3.05) is 7.05 Å². The maximum atomic E-state index is 8.91. The number of likely N-dealkylation sites (N-methyl/N-ethyl adjacent to an activating group) is 1. The Kier molecular flexibility index (Phi) is 4.12. The van der Waals surface area contributed by atoms with Crippen LogP contribution in [0.25, 0.3) is 0 Å². The predicted octanol–water partition coefficient (Wildman–Crippen LogP) is 1.74.